The van der Waals surface area contributed by atoms with Crippen molar-refractivity contribution in [2.24, 2.45) is 15.6 Å². The summed E-state index contributed by atoms with van der Waals surface area (Å²) in [6, 6.07) is 0. The lowest BCUT2D eigenvalue weighted by atomic mass is 9.83. The zero-order chi connectivity index (χ0) is 8.44. The van der Waals surface area contributed by atoms with Crippen molar-refractivity contribution < 1.29 is 4.39 Å². The Morgan fingerprint density at radius 3 is 3.08 bits per heavy atom. The molecule has 1 heterocycles. The smallest absolute Gasteiger partial charge is 0.215 e. The Balaban J connectivity index is 2.01. The second-order valence-electron chi connectivity index (χ2n) is 3.43. The summed E-state index contributed by atoms with van der Waals surface area (Å²) in [6.45, 7) is 0. The molecule has 1 fully saturated rings. The molecule has 2 unspecified atom stereocenters. The standard InChI is InChI=1S/C8H12FN2S/c9-8(6-12-11-10-8)7-4-2-1-3-5-7/h2,7H,1,3-6H2. The van der Waals surface area contributed by atoms with Crippen LogP contribution in [0, 0.1) is 12.3 Å². The molecule has 1 radical (unpaired) electrons. The lowest BCUT2D eigenvalue weighted by Gasteiger charge is -2.28. The molecular formula is C8H12FN2S. The third-order valence-electron chi connectivity index (χ3n) is 2.57. The fourth-order valence-electron chi connectivity index (χ4n) is 1.79. The van der Waals surface area contributed by atoms with E-state index >= 15 is 0 Å². The summed E-state index contributed by atoms with van der Waals surface area (Å²) in [7, 11) is 0. The molecule has 0 spiro atoms. The Bertz CT molecular complexity index is 191. The van der Waals surface area contributed by atoms with Crippen LogP contribution < -0.4 is 0 Å². The first kappa shape index (κ1) is 8.48. The number of rotatable bonds is 1. The van der Waals surface area contributed by atoms with Crippen LogP contribution in [0.15, 0.2) is 9.63 Å². The van der Waals surface area contributed by atoms with Crippen LogP contribution in [0.4, 0.5) is 4.39 Å². The van der Waals surface area contributed by atoms with E-state index in [1.807, 2.05) is 0 Å². The van der Waals surface area contributed by atoms with Gasteiger partial charge in [-0.2, -0.15) is 0 Å². The van der Waals surface area contributed by atoms with E-state index in [0.717, 1.165) is 25.7 Å². The summed E-state index contributed by atoms with van der Waals surface area (Å²) in [4.78, 5) is 0. The van der Waals surface area contributed by atoms with Gasteiger partial charge in [-0.05, 0) is 19.3 Å². The molecular weight excluding hydrogens is 175 g/mol. The fraction of sp³-hybridized carbons (Fsp3) is 0.875. The summed E-state index contributed by atoms with van der Waals surface area (Å²) in [5.41, 5.74) is 0. The van der Waals surface area contributed by atoms with Crippen LogP contribution in [0.2, 0.25) is 0 Å². The molecule has 2 atom stereocenters. The summed E-state index contributed by atoms with van der Waals surface area (Å²) >= 11 is 1.24. The van der Waals surface area contributed by atoms with Gasteiger partial charge in [-0.15, -0.1) is 9.63 Å². The van der Waals surface area contributed by atoms with Crippen molar-refractivity contribution >= 4 is 11.9 Å². The first-order chi connectivity index (χ1) is 5.81. The normalized spacial score (nSPS) is 37.4. The highest BCUT2D eigenvalue weighted by Crippen LogP contribution is 2.42. The van der Waals surface area contributed by atoms with E-state index in [4.69, 9.17) is 0 Å². The molecule has 1 aliphatic heterocycles. The molecule has 0 N–H and O–H groups in total. The second kappa shape index (κ2) is 3.32. The van der Waals surface area contributed by atoms with Crippen LogP contribution in [0.5, 0.6) is 0 Å². The van der Waals surface area contributed by atoms with Crippen molar-refractivity contribution in [1.29, 1.82) is 0 Å². The highest BCUT2D eigenvalue weighted by Gasteiger charge is 2.42. The van der Waals surface area contributed by atoms with Crippen molar-refractivity contribution in [1.82, 2.24) is 0 Å². The van der Waals surface area contributed by atoms with Gasteiger partial charge in [0.15, 0.2) is 0 Å². The Morgan fingerprint density at radius 1 is 1.58 bits per heavy atom. The molecule has 0 aromatic carbocycles. The SMILES string of the molecule is FC1(C2C[CH]CCC2)CSN=N1. The molecule has 0 bridgehead atoms. The van der Waals surface area contributed by atoms with Crippen molar-refractivity contribution in [2.75, 3.05) is 5.75 Å². The summed E-state index contributed by atoms with van der Waals surface area (Å²) in [5.74, 6) is -0.836. The van der Waals surface area contributed by atoms with E-state index < -0.39 is 5.79 Å². The minimum atomic E-state index is -1.35. The number of hydrogen-bond donors (Lipinski definition) is 0. The van der Waals surface area contributed by atoms with E-state index in [-0.39, 0.29) is 5.92 Å². The lowest BCUT2D eigenvalue weighted by molar-refractivity contribution is 0.0984. The fourth-order valence-corrected chi connectivity index (χ4v) is 2.52. The quantitative estimate of drug-likeness (QED) is 0.457. The van der Waals surface area contributed by atoms with Crippen LogP contribution in [-0.2, 0) is 0 Å². The van der Waals surface area contributed by atoms with Gasteiger partial charge >= 0.3 is 0 Å². The van der Waals surface area contributed by atoms with Gasteiger partial charge < -0.3 is 0 Å². The maximum atomic E-state index is 13.9. The largest absolute Gasteiger partial charge is 0.234 e. The Kier molecular flexibility index (Phi) is 2.35. The van der Waals surface area contributed by atoms with E-state index in [1.165, 1.54) is 11.9 Å². The third kappa shape index (κ3) is 1.49. The molecule has 4 heteroatoms. The highest BCUT2D eigenvalue weighted by atomic mass is 32.2. The number of halogens is 1. The van der Waals surface area contributed by atoms with Gasteiger partial charge in [0, 0.05) is 17.9 Å². The average Bonchev–Trinajstić information content (AvgIpc) is 2.55. The molecule has 2 rings (SSSR count). The molecule has 12 heavy (non-hydrogen) atoms. The van der Waals surface area contributed by atoms with Gasteiger partial charge in [0.05, 0.1) is 5.75 Å². The Hall–Kier alpha value is -0.120. The minimum Gasteiger partial charge on any atom is -0.215 e. The van der Waals surface area contributed by atoms with Gasteiger partial charge in [0.2, 0.25) is 5.79 Å². The highest BCUT2D eigenvalue weighted by molar-refractivity contribution is 7.98. The minimum absolute atomic E-state index is 0.0880. The van der Waals surface area contributed by atoms with E-state index in [1.54, 1.807) is 0 Å². The zero-order valence-corrected chi connectivity index (χ0v) is 7.69. The summed E-state index contributed by atoms with van der Waals surface area (Å²) < 4.78 is 17.6. The topological polar surface area (TPSA) is 24.7 Å². The van der Waals surface area contributed by atoms with Crippen LogP contribution in [0.3, 0.4) is 0 Å². The molecule has 0 aromatic rings. The number of alkyl halides is 1. The predicted octanol–water partition coefficient (Wildman–Crippen LogP) is 3.16. The van der Waals surface area contributed by atoms with Gasteiger partial charge in [-0.3, -0.25) is 0 Å². The van der Waals surface area contributed by atoms with Crippen LogP contribution in [0.1, 0.15) is 25.7 Å². The summed E-state index contributed by atoms with van der Waals surface area (Å²) in [6.07, 6.45) is 6.25. The molecule has 1 saturated carbocycles. The molecule has 2 aliphatic rings. The van der Waals surface area contributed by atoms with E-state index in [0.29, 0.717) is 5.75 Å². The zero-order valence-electron chi connectivity index (χ0n) is 6.87. The number of hydrogen-bond acceptors (Lipinski definition) is 3. The van der Waals surface area contributed by atoms with Gasteiger partial charge in [0.25, 0.3) is 0 Å². The first-order valence-electron chi connectivity index (χ1n) is 4.36. The lowest BCUT2D eigenvalue weighted by Crippen LogP contribution is -2.33. The van der Waals surface area contributed by atoms with Crippen molar-refractivity contribution in [3.05, 3.63) is 6.42 Å². The van der Waals surface area contributed by atoms with Crippen LogP contribution in [-0.4, -0.2) is 11.5 Å². The maximum absolute atomic E-state index is 13.9. The number of nitrogens with zero attached hydrogens (tertiary/aromatic N) is 2. The van der Waals surface area contributed by atoms with Gasteiger partial charge in [0.1, 0.15) is 0 Å². The van der Waals surface area contributed by atoms with Crippen molar-refractivity contribution in [3.63, 3.8) is 0 Å². The average molecular weight is 187 g/mol. The van der Waals surface area contributed by atoms with Gasteiger partial charge in [-0.1, -0.05) is 12.8 Å². The predicted molar refractivity (Wildman–Crippen MR) is 47.4 cm³/mol. The maximum Gasteiger partial charge on any atom is 0.234 e. The monoisotopic (exact) mass is 187 g/mol. The van der Waals surface area contributed by atoms with Crippen molar-refractivity contribution in [2.45, 2.75) is 31.5 Å². The van der Waals surface area contributed by atoms with Crippen LogP contribution in [0.25, 0.3) is 0 Å². The molecule has 0 saturated heterocycles. The Morgan fingerprint density at radius 2 is 2.50 bits per heavy atom. The Labute approximate surface area is 76.2 Å². The van der Waals surface area contributed by atoms with Crippen molar-refractivity contribution in [3.8, 4) is 0 Å². The second-order valence-corrected chi connectivity index (χ2v) is 4.14. The first-order valence-corrected chi connectivity index (χ1v) is 5.30. The summed E-state index contributed by atoms with van der Waals surface area (Å²) in [5, 5.41) is 3.69. The van der Waals surface area contributed by atoms with E-state index in [2.05, 4.69) is 16.1 Å². The van der Waals surface area contributed by atoms with E-state index in [9.17, 15) is 4.39 Å². The molecule has 2 nitrogen and oxygen atoms in total. The molecule has 0 aromatic heterocycles. The molecule has 67 valence electrons. The third-order valence-corrected chi connectivity index (χ3v) is 3.30. The van der Waals surface area contributed by atoms with Gasteiger partial charge in [-0.25, -0.2) is 4.39 Å². The molecule has 0 amide bonds. The molecule has 1 aliphatic carbocycles. The van der Waals surface area contributed by atoms with Crippen LogP contribution >= 0.6 is 11.9 Å².